The van der Waals surface area contributed by atoms with Gasteiger partial charge < -0.3 is 0 Å². The predicted octanol–water partition coefficient (Wildman–Crippen LogP) is 11.8. The molecule has 0 aliphatic rings. The summed E-state index contributed by atoms with van der Waals surface area (Å²) >= 11 is 3.20. The molecule has 0 spiro atoms. The molecular formula is C52H28N2S2. The highest BCUT2D eigenvalue weighted by molar-refractivity contribution is 7.13. The van der Waals surface area contributed by atoms with Gasteiger partial charge in [-0.15, -0.1) is 22.7 Å². The van der Waals surface area contributed by atoms with Gasteiger partial charge in [-0.05, 0) is 94.3 Å². The minimum absolute atomic E-state index is 0.934. The summed E-state index contributed by atoms with van der Waals surface area (Å²) in [6, 6.07) is 53.2. The van der Waals surface area contributed by atoms with Gasteiger partial charge in [0.25, 0.3) is 0 Å². The highest BCUT2D eigenvalue weighted by atomic mass is 32.1. The molecule has 56 heavy (non-hydrogen) atoms. The molecule has 0 amide bonds. The summed E-state index contributed by atoms with van der Waals surface area (Å²) in [5, 5.41) is 4.33. The number of pyridine rings is 2. The maximum absolute atomic E-state index is 4.47. The molecule has 0 saturated carbocycles. The summed E-state index contributed by atoms with van der Waals surface area (Å²) in [5.41, 5.74) is 7.85. The van der Waals surface area contributed by atoms with Crippen LogP contribution in [0.1, 0.15) is 41.8 Å². The number of hydrogen-bond acceptors (Lipinski definition) is 4. The Hall–Kier alpha value is -7.44. The summed E-state index contributed by atoms with van der Waals surface area (Å²) in [6.45, 7) is 0. The van der Waals surface area contributed by atoms with E-state index in [0.29, 0.717) is 0 Å². The number of hydrogen-bond donors (Lipinski definition) is 0. The number of nitrogens with zero attached hydrogens (tertiary/aromatic N) is 2. The Bertz CT molecular complexity index is 2890. The molecule has 0 aliphatic heterocycles. The fourth-order valence-electron chi connectivity index (χ4n) is 6.44. The van der Waals surface area contributed by atoms with E-state index in [-0.39, 0.29) is 0 Å². The van der Waals surface area contributed by atoms with Crippen molar-refractivity contribution in [3.8, 4) is 69.9 Å². The van der Waals surface area contributed by atoms with E-state index in [2.05, 4.69) is 142 Å². The van der Waals surface area contributed by atoms with Crippen molar-refractivity contribution in [3.05, 3.63) is 212 Å². The first-order valence-corrected chi connectivity index (χ1v) is 19.6. The van der Waals surface area contributed by atoms with E-state index >= 15 is 0 Å². The number of aromatic nitrogens is 2. The van der Waals surface area contributed by atoms with Crippen molar-refractivity contribution in [2.75, 3.05) is 0 Å². The van der Waals surface area contributed by atoms with Gasteiger partial charge in [0, 0.05) is 45.8 Å². The monoisotopic (exact) mass is 744 g/mol. The largest absolute Gasteiger partial charge is 0.256 e. The number of thiophene rings is 2. The Kier molecular flexibility index (Phi) is 9.74. The van der Waals surface area contributed by atoms with Gasteiger partial charge in [-0.25, -0.2) is 0 Å². The van der Waals surface area contributed by atoms with Crippen molar-refractivity contribution in [1.29, 1.82) is 0 Å². The number of rotatable bonds is 2. The van der Waals surface area contributed by atoms with Crippen LogP contribution in [0.15, 0.2) is 170 Å². The Morgan fingerprint density at radius 2 is 0.696 bits per heavy atom. The zero-order chi connectivity index (χ0) is 37.5. The standard InChI is InChI=1S/C52H28N2S2/c1-2-16-46-45(15-1)49(31-29-43-27-25-41(55-43)23-21-37-11-9-13-39(35-37)51-19-5-7-33-53-51)47-17-3-4-18-48(47)50(46)32-30-44-28-26-42(56-44)24-22-38-12-10-14-40(36-38)52-20-6-8-34-54-52/h1-20,25-28,33-36H. The van der Waals surface area contributed by atoms with E-state index in [4.69, 9.17) is 0 Å². The molecule has 0 bridgehead atoms. The van der Waals surface area contributed by atoms with Gasteiger partial charge in [0.2, 0.25) is 0 Å². The molecule has 2 nitrogen and oxygen atoms in total. The summed E-state index contributed by atoms with van der Waals surface area (Å²) in [7, 11) is 0. The maximum Gasteiger partial charge on any atom is 0.0785 e. The third-order valence-corrected chi connectivity index (χ3v) is 10.9. The molecule has 9 aromatic rings. The third-order valence-electron chi connectivity index (χ3n) is 9.07. The van der Waals surface area contributed by atoms with Crippen molar-refractivity contribution in [3.63, 3.8) is 0 Å². The van der Waals surface area contributed by atoms with E-state index in [1.807, 2.05) is 85.2 Å². The average Bonchev–Trinajstić information content (AvgIpc) is 3.93. The molecule has 9 rings (SSSR count). The first-order valence-electron chi connectivity index (χ1n) is 18.0. The van der Waals surface area contributed by atoms with Crippen molar-refractivity contribution in [2.24, 2.45) is 0 Å². The van der Waals surface area contributed by atoms with Gasteiger partial charge >= 0.3 is 0 Å². The quantitative estimate of drug-likeness (QED) is 0.130. The second-order valence-corrected chi connectivity index (χ2v) is 14.9. The second kappa shape index (κ2) is 15.9. The van der Waals surface area contributed by atoms with Crippen molar-refractivity contribution in [2.45, 2.75) is 0 Å². The normalized spacial score (nSPS) is 10.3. The van der Waals surface area contributed by atoms with Crippen LogP contribution in [0.25, 0.3) is 44.1 Å². The summed E-state index contributed by atoms with van der Waals surface area (Å²) in [4.78, 5) is 12.8. The molecule has 0 N–H and O–H groups in total. The Labute approximate surface area is 334 Å². The van der Waals surface area contributed by atoms with Gasteiger partial charge in [0.05, 0.1) is 30.9 Å². The van der Waals surface area contributed by atoms with Gasteiger partial charge in [0.1, 0.15) is 0 Å². The van der Waals surface area contributed by atoms with Gasteiger partial charge in [-0.3, -0.25) is 9.97 Å². The van der Waals surface area contributed by atoms with Crippen LogP contribution >= 0.6 is 22.7 Å². The molecule has 0 unspecified atom stereocenters. The topological polar surface area (TPSA) is 25.8 Å². The van der Waals surface area contributed by atoms with E-state index < -0.39 is 0 Å². The fourth-order valence-corrected chi connectivity index (χ4v) is 7.86. The minimum Gasteiger partial charge on any atom is -0.256 e. The second-order valence-electron chi connectivity index (χ2n) is 12.8. The molecule has 4 heteroatoms. The van der Waals surface area contributed by atoms with Crippen molar-refractivity contribution in [1.82, 2.24) is 9.97 Å². The molecular weight excluding hydrogens is 717 g/mol. The molecule has 5 aromatic carbocycles. The molecule has 258 valence electrons. The number of benzene rings is 5. The zero-order valence-corrected chi connectivity index (χ0v) is 31.5. The molecule has 4 aromatic heterocycles. The Morgan fingerprint density at radius 1 is 0.321 bits per heavy atom. The summed E-state index contributed by atoms with van der Waals surface area (Å²) in [6.07, 6.45) is 3.61. The van der Waals surface area contributed by atoms with E-state index in [0.717, 1.165) is 85.8 Å². The highest BCUT2D eigenvalue weighted by Gasteiger charge is 2.12. The van der Waals surface area contributed by atoms with Crippen LogP contribution in [0, 0.1) is 47.4 Å². The van der Waals surface area contributed by atoms with Gasteiger partial charge in [0.15, 0.2) is 0 Å². The van der Waals surface area contributed by atoms with Crippen LogP contribution in [-0.4, -0.2) is 9.97 Å². The number of fused-ring (bicyclic) bond motifs is 2. The van der Waals surface area contributed by atoms with Crippen LogP contribution in [0.3, 0.4) is 0 Å². The summed E-state index contributed by atoms with van der Waals surface area (Å²) in [5.74, 6) is 27.3. The SMILES string of the molecule is C(#Cc1ccc(C#Cc2c3ccccc3c(C#Cc3ccc(C#Cc4cccc(-c5ccccn5)c4)s3)c3ccccc23)s1)c1cccc(-c2ccccn2)c1. The fraction of sp³-hybridized carbons (Fsp3) is 0. The average molecular weight is 745 g/mol. The lowest BCUT2D eigenvalue weighted by molar-refractivity contribution is 1.32. The van der Waals surface area contributed by atoms with E-state index in [1.165, 1.54) is 0 Å². The molecule has 0 radical (unpaired) electrons. The summed E-state index contributed by atoms with van der Waals surface area (Å²) < 4.78 is 0. The van der Waals surface area contributed by atoms with Gasteiger partial charge in [-0.1, -0.05) is 132 Å². The van der Waals surface area contributed by atoms with Crippen molar-refractivity contribution < 1.29 is 0 Å². The van der Waals surface area contributed by atoms with Crippen LogP contribution in [0.5, 0.6) is 0 Å². The molecule has 0 atom stereocenters. The van der Waals surface area contributed by atoms with E-state index in [1.54, 1.807) is 22.7 Å². The van der Waals surface area contributed by atoms with Crippen LogP contribution < -0.4 is 0 Å². The lowest BCUT2D eigenvalue weighted by Gasteiger charge is -2.10. The molecule has 0 aliphatic carbocycles. The lowest BCUT2D eigenvalue weighted by Crippen LogP contribution is -1.90. The predicted molar refractivity (Wildman–Crippen MR) is 233 cm³/mol. The Morgan fingerprint density at radius 3 is 1.07 bits per heavy atom. The molecule has 0 fully saturated rings. The minimum atomic E-state index is 0.934. The smallest absolute Gasteiger partial charge is 0.0785 e. The molecule has 4 heterocycles. The van der Waals surface area contributed by atoms with Crippen molar-refractivity contribution >= 4 is 44.2 Å². The zero-order valence-electron chi connectivity index (χ0n) is 29.9. The van der Waals surface area contributed by atoms with Crippen LogP contribution in [0.2, 0.25) is 0 Å². The first kappa shape index (κ1) is 34.3. The van der Waals surface area contributed by atoms with Gasteiger partial charge in [-0.2, -0.15) is 0 Å². The van der Waals surface area contributed by atoms with Crippen LogP contribution in [0.4, 0.5) is 0 Å². The molecule has 0 saturated heterocycles. The lowest BCUT2D eigenvalue weighted by atomic mass is 9.92. The van der Waals surface area contributed by atoms with E-state index in [9.17, 15) is 0 Å². The first-order chi connectivity index (χ1) is 27.7. The Balaban J connectivity index is 0.990. The maximum atomic E-state index is 4.47. The van der Waals surface area contributed by atoms with Crippen LogP contribution in [-0.2, 0) is 0 Å². The highest BCUT2D eigenvalue weighted by Crippen LogP contribution is 2.33. The third kappa shape index (κ3) is 7.63.